The summed E-state index contributed by atoms with van der Waals surface area (Å²) in [7, 11) is 0. The third kappa shape index (κ3) is 4.81. The van der Waals surface area contributed by atoms with E-state index >= 15 is 0 Å². The molecule has 1 aromatic rings. The third-order valence-corrected chi connectivity index (χ3v) is 4.23. The SMILES string of the molecule is Cc1[nH]c(=O)c(C#N)c(C)c1CCC(=O)NCC1CCCN1.Cl. The number of aromatic nitrogens is 1. The van der Waals surface area contributed by atoms with Crippen molar-refractivity contribution in [1.29, 1.82) is 5.26 Å². The van der Waals surface area contributed by atoms with Crippen LogP contribution in [0.1, 0.15) is 41.6 Å². The predicted molar refractivity (Wildman–Crippen MR) is 90.9 cm³/mol. The molecule has 0 aliphatic carbocycles. The van der Waals surface area contributed by atoms with Gasteiger partial charge in [-0.25, -0.2) is 0 Å². The normalized spacial score (nSPS) is 16.5. The Bertz CT molecular complexity index is 657. The van der Waals surface area contributed by atoms with E-state index in [0.29, 0.717) is 31.0 Å². The first-order valence-electron chi connectivity index (χ1n) is 7.65. The van der Waals surface area contributed by atoms with Crippen molar-refractivity contribution in [3.8, 4) is 6.07 Å². The van der Waals surface area contributed by atoms with E-state index in [4.69, 9.17) is 5.26 Å². The van der Waals surface area contributed by atoms with Gasteiger partial charge < -0.3 is 15.6 Å². The molecule has 0 bridgehead atoms. The number of carbonyl (C=O) groups excluding carboxylic acids is 1. The number of pyridine rings is 1. The van der Waals surface area contributed by atoms with Crippen LogP contribution in [0.5, 0.6) is 0 Å². The minimum absolute atomic E-state index is 0. The maximum atomic E-state index is 11.9. The zero-order valence-electron chi connectivity index (χ0n) is 13.5. The Hall–Kier alpha value is -1.84. The topological polar surface area (TPSA) is 97.8 Å². The molecule has 1 saturated heterocycles. The van der Waals surface area contributed by atoms with Crippen molar-refractivity contribution in [2.45, 2.75) is 45.6 Å². The van der Waals surface area contributed by atoms with Gasteiger partial charge in [0, 0.05) is 24.7 Å². The van der Waals surface area contributed by atoms with Crippen LogP contribution in [-0.4, -0.2) is 30.0 Å². The fourth-order valence-corrected chi connectivity index (χ4v) is 2.92. The highest BCUT2D eigenvalue weighted by Crippen LogP contribution is 2.14. The summed E-state index contributed by atoms with van der Waals surface area (Å²) in [4.78, 5) is 26.3. The quantitative estimate of drug-likeness (QED) is 0.748. The molecular weight excluding hydrogens is 316 g/mol. The number of rotatable bonds is 5. The van der Waals surface area contributed by atoms with Gasteiger partial charge in [-0.3, -0.25) is 9.59 Å². The lowest BCUT2D eigenvalue weighted by molar-refractivity contribution is -0.121. The number of H-pyrrole nitrogens is 1. The molecule has 1 atom stereocenters. The Labute approximate surface area is 142 Å². The third-order valence-electron chi connectivity index (χ3n) is 4.23. The maximum absolute atomic E-state index is 11.9. The number of aryl methyl sites for hydroxylation is 1. The summed E-state index contributed by atoms with van der Waals surface area (Å²) >= 11 is 0. The number of nitrogens with zero attached hydrogens (tertiary/aromatic N) is 1. The highest BCUT2D eigenvalue weighted by atomic mass is 35.5. The standard InChI is InChI=1S/C16H22N4O2.ClH/c1-10-13(11(2)20-16(22)14(10)8-17)5-6-15(21)19-9-12-4-3-7-18-12;/h12,18H,3-7,9H2,1-2H3,(H,19,21)(H,20,22);1H. The van der Waals surface area contributed by atoms with E-state index in [-0.39, 0.29) is 29.4 Å². The molecule has 6 nitrogen and oxygen atoms in total. The van der Waals surface area contributed by atoms with Crippen LogP contribution in [0.2, 0.25) is 0 Å². The first-order valence-corrected chi connectivity index (χ1v) is 7.65. The van der Waals surface area contributed by atoms with Gasteiger partial charge in [-0.2, -0.15) is 5.26 Å². The molecule has 23 heavy (non-hydrogen) atoms. The van der Waals surface area contributed by atoms with Gasteiger partial charge in [0.15, 0.2) is 0 Å². The molecule has 2 heterocycles. The molecule has 1 aromatic heterocycles. The zero-order chi connectivity index (χ0) is 16.1. The van der Waals surface area contributed by atoms with Gasteiger partial charge in [0.25, 0.3) is 5.56 Å². The highest BCUT2D eigenvalue weighted by Gasteiger charge is 2.16. The Morgan fingerprint density at radius 2 is 2.17 bits per heavy atom. The molecular formula is C16H23ClN4O2. The summed E-state index contributed by atoms with van der Waals surface area (Å²) in [6.07, 6.45) is 3.13. The molecule has 0 spiro atoms. The fraction of sp³-hybridized carbons (Fsp3) is 0.562. The second-order valence-corrected chi connectivity index (χ2v) is 5.77. The number of halogens is 1. The molecule has 7 heteroatoms. The number of hydrogen-bond donors (Lipinski definition) is 3. The summed E-state index contributed by atoms with van der Waals surface area (Å²) < 4.78 is 0. The second-order valence-electron chi connectivity index (χ2n) is 5.77. The smallest absolute Gasteiger partial charge is 0.266 e. The first-order chi connectivity index (χ1) is 10.5. The molecule has 0 radical (unpaired) electrons. The van der Waals surface area contributed by atoms with Gasteiger partial charge in [-0.15, -0.1) is 12.4 Å². The molecule has 3 N–H and O–H groups in total. The van der Waals surface area contributed by atoms with Gasteiger partial charge >= 0.3 is 0 Å². The van der Waals surface area contributed by atoms with Gasteiger partial charge in [-0.05, 0) is 50.8 Å². The van der Waals surface area contributed by atoms with E-state index in [1.54, 1.807) is 13.8 Å². The van der Waals surface area contributed by atoms with Crippen LogP contribution in [0.4, 0.5) is 0 Å². The van der Waals surface area contributed by atoms with Crippen molar-refractivity contribution in [1.82, 2.24) is 15.6 Å². The molecule has 1 aliphatic rings. The van der Waals surface area contributed by atoms with Gasteiger partial charge in [0.2, 0.25) is 5.91 Å². The molecule has 1 unspecified atom stereocenters. The van der Waals surface area contributed by atoms with Crippen molar-refractivity contribution in [2.24, 2.45) is 0 Å². The molecule has 1 aliphatic heterocycles. The van der Waals surface area contributed by atoms with Crippen molar-refractivity contribution >= 4 is 18.3 Å². The lowest BCUT2D eigenvalue weighted by Gasteiger charge is -2.13. The molecule has 2 rings (SSSR count). The van der Waals surface area contributed by atoms with E-state index in [2.05, 4.69) is 15.6 Å². The van der Waals surface area contributed by atoms with Crippen LogP contribution < -0.4 is 16.2 Å². The van der Waals surface area contributed by atoms with Gasteiger partial charge in [0.05, 0.1) is 0 Å². The van der Waals surface area contributed by atoms with Gasteiger partial charge in [-0.1, -0.05) is 0 Å². The molecule has 1 amide bonds. The van der Waals surface area contributed by atoms with Crippen LogP contribution in [0.15, 0.2) is 4.79 Å². The first kappa shape index (κ1) is 19.2. The minimum atomic E-state index is -0.363. The fourth-order valence-electron chi connectivity index (χ4n) is 2.92. The molecule has 0 saturated carbocycles. The van der Waals surface area contributed by atoms with Crippen molar-refractivity contribution in [2.75, 3.05) is 13.1 Å². The van der Waals surface area contributed by atoms with Crippen molar-refractivity contribution < 1.29 is 4.79 Å². The van der Waals surface area contributed by atoms with Crippen LogP contribution in [-0.2, 0) is 11.2 Å². The van der Waals surface area contributed by atoms with Crippen LogP contribution in [0.25, 0.3) is 0 Å². The lowest BCUT2D eigenvalue weighted by atomic mass is 9.99. The van der Waals surface area contributed by atoms with E-state index in [1.807, 2.05) is 6.07 Å². The number of nitriles is 1. The summed E-state index contributed by atoms with van der Waals surface area (Å²) in [6.45, 7) is 5.24. The largest absolute Gasteiger partial charge is 0.355 e. The summed E-state index contributed by atoms with van der Waals surface area (Å²) in [5.74, 6) is -0.00259. The minimum Gasteiger partial charge on any atom is -0.355 e. The number of hydrogen-bond acceptors (Lipinski definition) is 4. The average molecular weight is 339 g/mol. The summed E-state index contributed by atoms with van der Waals surface area (Å²) in [6, 6.07) is 2.31. The van der Waals surface area contributed by atoms with E-state index < -0.39 is 0 Å². The van der Waals surface area contributed by atoms with E-state index in [9.17, 15) is 9.59 Å². The Balaban J connectivity index is 0.00000264. The summed E-state index contributed by atoms with van der Waals surface area (Å²) in [5, 5.41) is 15.3. The highest BCUT2D eigenvalue weighted by molar-refractivity contribution is 5.85. The summed E-state index contributed by atoms with van der Waals surface area (Å²) in [5.41, 5.74) is 2.06. The molecule has 0 aromatic carbocycles. The Morgan fingerprint density at radius 1 is 1.43 bits per heavy atom. The van der Waals surface area contributed by atoms with E-state index in [1.165, 1.54) is 0 Å². The number of carbonyl (C=O) groups is 1. The Morgan fingerprint density at radius 3 is 2.78 bits per heavy atom. The lowest BCUT2D eigenvalue weighted by Crippen LogP contribution is -2.37. The predicted octanol–water partition coefficient (Wildman–Crippen LogP) is 1.09. The van der Waals surface area contributed by atoms with Crippen LogP contribution in [0, 0.1) is 25.2 Å². The maximum Gasteiger partial charge on any atom is 0.266 e. The van der Waals surface area contributed by atoms with Crippen molar-refractivity contribution in [3.05, 3.63) is 32.7 Å². The van der Waals surface area contributed by atoms with Crippen molar-refractivity contribution in [3.63, 3.8) is 0 Å². The van der Waals surface area contributed by atoms with Crippen LogP contribution >= 0.6 is 12.4 Å². The molecule has 126 valence electrons. The number of amides is 1. The monoisotopic (exact) mass is 338 g/mol. The zero-order valence-corrected chi connectivity index (χ0v) is 14.3. The van der Waals surface area contributed by atoms with Gasteiger partial charge in [0.1, 0.15) is 11.6 Å². The average Bonchev–Trinajstić information content (AvgIpc) is 2.98. The van der Waals surface area contributed by atoms with E-state index in [0.717, 1.165) is 30.6 Å². The van der Waals surface area contributed by atoms with Crippen LogP contribution in [0.3, 0.4) is 0 Å². The number of nitrogens with one attached hydrogen (secondary N) is 3. The second kappa shape index (κ2) is 8.70. The number of aromatic amines is 1. The Kier molecular flexibility index (Phi) is 7.27. The molecule has 1 fully saturated rings.